The summed E-state index contributed by atoms with van der Waals surface area (Å²) in [6.45, 7) is 12.6. The summed E-state index contributed by atoms with van der Waals surface area (Å²) in [7, 11) is 0. The number of hydrogen-bond donors (Lipinski definition) is 0. The Labute approximate surface area is 299 Å². The Hall–Kier alpha value is -1.94. The van der Waals surface area contributed by atoms with Crippen molar-refractivity contribution in [1.82, 2.24) is 0 Å². The van der Waals surface area contributed by atoms with Crippen LogP contribution in [0.15, 0.2) is 12.1 Å². The maximum atomic E-state index is 13.0. The SMILES string of the molecule is CC(C)(C)CCCCOC(=O)c1c(Cl)c(Cl)cc(Cl)c1OC(=O)C(=O)Oc1c(Cl)cc(Cl)c(Cl)c1C(=O)OCCCCC(C)(C)C. The number of esters is 4. The summed E-state index contributed by atoms with van der Waals surface area (Å²) in [6.07, 6.45) is 4.50. The fraction of sp³-hybridized carbons (Fsp3) is 0.500. The van der Waals surface area contributed by atoms with Crippen molar-refractivity contribution in [3.63, 3.8) is 0 Å². The summed E-state index contributed by atoms with van der Waals surface area (Å²) in [4.78, 5) is 51.8. The molecule has 0 saturated carbocycles. The highest BCUT2D eigenvalue weighted by Gasteiger charge is 2.32. The number of rotatable bonds is 12. The van der Waals surface area contributed by atoms with Crippen LogP contribution in [0.3, 0.4) is 0 Å². The molecule has 0 saturated heterocycles. The largest absolute Gasteiger partial charge is 0.462 e. The Morgan fingerprint density at radius 3 is 1.17 bits per heavy atom. The Bertz CT molecular complexity index is 1350. The summed E-state index contributed by atoms with van der Waals surface area (Å²) in [5.74, 6) is -6.45. The van der Waals surface area contributed by atoms with E-state index in [0.717, 1.165) is 37.8 Å². The maximum Gasteiger partial charge on any atom is 0.423 e. The topological polar surface area (TPSA) is 105 Å². The fourth-order valence-electron chi connectivity index (χ4n) is 3.98. The zero-order chi connectivity index (χ0) is 35.0. The van der Waals surface area contributed by atoms with E-state index in [1.54, 1.807) is 0 Å². The van der Waals surface area contributed by atoms with Crippen LogP contribution < -0.4 is 9.47 Å². The van der Waals surface area contributed by atoms with Crippen molar-refractivity contribution < 1.29 is 38.1 Å². The smallest absolute Gasteiger partial charge is 0.423 e. The molecule has 46 heavy (non-hydrogen) atoms. The second kappa shape index (κ2) is 17.5. The summed E-state index contributed by atoms with van der Waals surface area (Å²) in [6, 6.07) is 2.23. The molecule has 0 heterocycles. The van der Waals surface area contributed by atoms with Gasteiger partial charge in [0, 0.05) is 0 Å². The van der Waals surface area contributed by atoms with Crippen molar-refractivity contribution >= 4 is 93.5 Å². The van der Waals surface area contributed by atoms with Gasteiger partial charge in [0.05, 0.1) is 43.3 Å². The molecule has 0 radical (unpaired) electrons. The molecule has 0 amide bonds. The molecule has 0 aromatic heterocycles. The molecule has 0 fully saturated rings. The van der Waals surface area contributed by atoms with Gasteiger partial charge in [-0.3, -0.25) is 0 Å². The first-order chi connectivity index (χ1) is 21.2. The van der Waals surface area contributed by atoms with E-state index in [1.165, 1.54) is 0 Å². The van der Waals surface area contributed by atoms with Gasteiger partial charge in [-0.05, 0) is 61.5 Å². The first kappa shape index (κ1) is 40.2. The second-order valence-electron chi connectivity index (χ2n) is 12.8. The third-order valence-corrected chi connectivity index (χ3v) is 8.46. The van der Waals surface area contributed by atoms with Gasteiger partial charge in [-0.1, -0.05) is 111 Å². The van der Waals surface area contributed by atoms with Crippen LogP contribution >= 0.6 is 69.6 Å². The molecule has 0 aliphatic carbocycles. The molecule has 14 heteroatoms. The molecule has 0 bridgehead atoms. The summed E-state index contributed by atoms with van der Waals surface area (Å²) in [5, 5.41) is -1.53. The molecule has 2 rings (SSSR count). The van der Waals surface area contributed by atoms with Crippen LogP contribution in [0.1, 0.15) is 101 Å². The molecule has 0 atom stereocenters. The van der Waals surface area contributed by atoms with Gasteiger partial charge in [-0.2, -0.15) is 0 Å². The molecule has 2 aromatic rings. The molecule has 0 aliphatic rings. The number of unbranched alkanes of at least 4 members (excludes halogenated alkanes) is 2. The molecule has 0 spiro atoms. The minimum atomic E-state index is -1.65. The van der Waals surface area contributed by atoms with Crippen LogP contribution in [-0.2, 0) is 19.1 Å². The summed E-state index contributed by atoms with van der Waals surface area (Å²) < 4.78 is 20.9. The van der Waals surface area contributed by atoms with Gasteiger partial charge in [-0.25, -0.2) is 19.2 Å². The van der Waals surface area contributed by atoms with Gasteiger partial charge in [0.25, 0.3) is 0 Å². The van der Waals surface area contributed by atoms with E-state index in [-0.39, 0.29) is 54.2 Å². The van der Waals surface area contributed by atoms with E-state index in [2.05, 4.69) is 41.5 Å². The highest BCUT2D eigenvalue weighted by molar-refractivity contribution is 6.47. The molecule has 254 valence electrons. The monoisotopic (exact) mass is 758 g/mol. The molecule has 8 nitrogen and oxygen atoms in total. The lowest BCUT2D eigenvalue weighted by molar-refractivity contribution is -0.156. The zero-order valence-corrected chi connectivity index (χ0v) is 30.9. The van der Waals surface area contributed by atoms with Gasteiger partial charge in [0.15, 0.2) is 11.5 Å². The maximum absolute atomic E-state index is 13.0. The highest BCUT2D eigenvalue weighted by Crippen LogP contribution is 2.42. The number of halogens is 6. The van der Waals surface area contributed by atoms with E-state index < -0.39 is 46.5 Å². The van der Waals surface area contributed by atoms with Crippen LogP contribution in [0.5, 0.6) is 11.5 Å². The second-order valence-corrected chi connectivity index (χ2v) is 15.2. The fourth-order valence-corrected chi connectivity index (χ4v) is 5.42. The van der Waals surface area contributed by atoms with E-state index in [1.807, 2.05) is 0 Å². The van der Waals surface area contributed by atoms with E-state index >= 15 is 0 Å². The number of carbonyl (C=O) groups excluding carboxylic acids is 4. The van der Waals surface area contributed by atoms with Crippen molar-refractivity contribution in [2.45, 2.75) is 80.1 Å². The minimum absolute atomic E-state index is 0.0378. The number of benzene rings is 2. The lowest BCUT2D eigenvalue weighted by Gasteiger charge is -2.18. The molecule has 0 unspecified atom stereocenters. The highest BCUT2D eigenvalue weighted by atomic mass is 35.5. The average molecular weight is 761 g/mol. The number of hydrogen-bond acceptors (Lipinski definition) is 8. The van der Waals surface area contributed by atoms with Gasteiger partial charge < -0.3 is 18.9 Å². The van der Waals surface area contributed by atoms with E-state index in [4.69, 9.17) is 88.6 Å². The predicted octanol–water partition coefficient (Wildman–Crippen LogP) is 10.9. The normalized spacial score (nSPS) is 11.7. The molecule has 0 N–H and O–H groups in total. The van der Waals surface area contributed by atoms with Crippen molar-refractivity contribution in [2.75, 3.05) is 13.2 Å². The first-order valence-corrected chi connectivity index (χ1v) is 16.6. The Morgan fingerprint density at radius 2 is 0.870 bits per heavy atom. The van der Waals surface area contributed by atoms with Crippen molar-refractivity contribution in [1.29, 1.82) is 0 Å². The third kappa shape index (κ3) is 12.3. The standard InChI is InChI=1S/C32H36Cl6O8/c1-31(2,3)11-7-9-13-43-27(39)21-23(37)17(33)15-19(35)25(21)45-29(41)30(42)46-26-20(36)16-18(34)24(38)22(26)28(40)44-14-10-8-12-32(4,5)6/h15-16H,7-14H2,1-6H3. The van der Waals surface area contributed by atoms with Crippen LogP contribution in [-0.4, -0.2) is 37.1 Å². The lowest BCUT2D eigenvalue weighted by Crippen LogP contribution is -2.27. The Balaban J connectivity index is 2.25. The van der Waals surface area contributed by atoms with E-state index in [9.17, 15) is 19.2 Å². The third-order valence-electron chi connectivity index (χ3n) is 6.33. The number of ether oxygens (including phenoxy) is 4. The van der Waals surface area contributed by atoms with Crippen LogP contribution in [0.4, 0.5) is 0 Å². The number of carbonyl (C=O) groups is 4. The average Bonchev–Trinajstić information content (AvgIpc) is 2.92. The predicted molar refractivity (Wildman–Crippen MR) is 181 cm³/mol. The summed E-state index contributed by atoms with van der Waals surface area (Å²) in [5.41, 5.74) is -0.727. The minimum Gasteiger partial charge on any atom is -0.462 e. The van der Waals surface area contributed by atoms with Crippen molar-refractivity contribution in [2.24, 2.45) is 10.8 Å². The van der Waals surface area contributed by atoms with Crippen LogP contribution in [0.25, 0.3) is 0 Å². The van der Waals surface area contributed by atoms with Crippen molar-refractivity contribution in [3.05, 3.63) is 53.4 Å². The lowest BCUT2D eigenvalue weighted by atomic mass is 9.90. The van der Waals surface area contributed by atoms with Gasteiger partial charge >= 0.3 is 23.9 Å². The zero-order valence-electron chi connectivity index (χ0n) is 26.3. The van der Waals surface area contributed by atoms with Gasteiger partial charge in [-0.15, -0.1) is 0 Å². The quantitative estimate of drug-likeness (QED) is 0.0692. The molecular formula is C32H36Cl6O8. The Morgan fingerprint density at radius 1 is 0.543 bits per heavy atom. The Kier molecular flexibility index (Phi) is 15.3. The van der Waals surface area contributed by atoms with Crippen molar-refractivity contribution in [3.8, 4) is 11.5 Å². The molecular weight excluding hydrogens is 725 g/mol. The van der Waals surface area contributed by atoms with E-state index in [0.29, 0.717) is 12.8 Å². The van der Waals surface area contributed by atoms with Crippen LogP contribution in [0.2, 0.25) is 30.1 Å². The molecule has 2 aromatic carbocycles. The van der Waals surface area contributed by atoms with Gasteiger partial charge in [0.1, 0.15) is 11.1 Å². The van der Waals surface area contributed by atoms with Crippen LogP contribution in [0, 0.1) is 10.8 Å². The summed E-state index contributed by atoms with van der Waals surface area (Å²) >= 11 is 37.2. The van der Waals surface area contributed by atoms with Gasteiger partial charge in [0.2, 0.25) is 0 Å². The molecule has 0 aliphatic heterocycles. The first-order valence-electron chi connectivity index (χ1n) is 14.4.